The number of carbonyl (C=O) groups excluding carboxylic acids is 1. The lowest BCUT2D eigenvalue weighted by Crippen LogP contribution is -2.41. The van der Waals surface area contributed by atoms with Crippen LogP contribution >= 0.6 is 0 Å². The van der Waals surface area contributed by atoms with Crippen LogP contribution in [0.4, 0.5) is 11.6 Å². The zero-order valence-corrected chi connectivity index (χ0v) is 16.1. The molecule has 1 N–H and O–H groups in total. The van der Waals surface area contributed by atoms with Gasteiger partial charge in [-0.15, -0.1) is 0 Å². The van der Waals surface area contributed by atoms with Gasteiger partial charge in [0.05, 0.1) is 13.2 Å². The van der Waals surface area contributed by atoms with Crippen molar-refractivity contribution in [3.8, 4) is 0 Å². The quantitative estimate of drug-likeness (QED) is 0.873. The maximum absolute atomic E-state index is 12.6. The molecule has 1 aliphatic heterocycles. The molecule has 0 saturated carbocycles. The number of hydrogen-bond donors (Lipinski definition) is 1. The summed E-state index contributed by atoms with van der Waals surface area (Å²) in [5, 5.41) is 2.89. The Balaban J connectivity index is 1.81. The summed E-state index contributed by atoms with van der Waals surface area (Å²) in [6.07, 6.45) is 0. The first-order chi connectivity index (χ1) is 12.9. The second-order valence-corrected chi connectivity index (χ2v) is 7.05. The van der Waals surface area contributed by atoms with Crippen LogP contribution < -0.4 is 15.8 Å². The van der Waals surface area contributed by atoms with E-state index in [-0.39, 0.29) is 18.0 Å². The molecule has 1 fully saturated rings. The first-order valence-corrected chi connectivity index (χ1v) is 9.25. The standard InChI is InChI=1S/C20H26N4O3/c1-14(2)16-5-4-6-17(12-16)22-18(25)13-24-19(26)11-15(3)21-20(24)23-7-9-27-10-8-23/h4-6,11-12,14H,7-10,13H2,1-3H3,(H,22,25). The Hall–Kier alpha value is -2.67. The predicted molar refractivity (Wildman–Crippen MR) is 105 cm³/mol. The van der Waals surface area contributed by atoms with E-state index in [9.17, 15) is 9.59 Å². The number of benzene rings is 1. The number of aryl methyl sites for hydroxylation is 1. The van der Waals surface area contributed by atoms with E-state index in [4.69, 9.17) is 4.74 Å². The van der Waals surface area contributed by atoms with Gasteiger partial charge in [0.15, 0.2) is 0 Å². The Morgan fingerprint density at radius 3 is 2.70 bits per heavy atom. The van der Waals surface area contributed by atoms with E-state index in [1.807, 2.05) is 29.2 Å². The zero-order valence-electron chi connectivity index (χ0n) is 16.1. The molecule has 1 aromatic carbocycles. The molecule has 0 radical (unpaired) electrons. The molecule has 0 aliphatic carbocycles. The molecule has 3 rings (SSSR count). The Labute approximate surface area is 159 Å². The number of morpholine rings is 1. The topological polar surface area (TPSA) is 76.5 Å². The maximum Gasteiger partial charge on any atom is 0.255 e. The van der Waals surface area contributed by atoms with Crippen LogP contribution in [-0.4, -0.2) is 41.8 Å². The summed E-state index contributed by atoms with van der Waals surface area (Å²) in [6.45, 7) is 8.37. The molecule has 1 aliphatic rings. The summed E-state index contributed by atoms with van der Waals surface area (Å²) in [6, 6.07) is 9.22. The van der Waals surface area contributed by atoms with Crippen molar-refractivity contribution in [3.05, 3.63) is 51.9 Å². The van der Waals surface area contributed by atoms with E-state index in [2.05, 4.69) is 24.1 Å². The molecule has 7 nitrogen and oxygen atoms in total. The van der Waals surface area contributed by atoms with Crippen LogP contribution in [0.5, 0.6) is 0 Å². The van der Waals surface area contributed by atoms with E-state index in [0.717, 1.165) is 11.3 Å². The van der Waals surface area contributed by atoms with Gasteiger partial charge in [0, 0.05) is 30.5 Å². The van der Waals surface area contributed by atoms with Gasteiger partial charge in [0.1, 0.15) is 6.54 Å². The predicted octanol–water partition coefficient (Wildman–Crippen LogP) is 2.15. The highest BCUT2D eigenvalue weighted by Gasteiger charge is 2.19. The fourth-order valence-electron chi connectivity index (χ4n) is 3.08. The minimum Gasteiger partial charge on any atom is -0.378 e. The van der Waals surface area contributed by atoms with E-state index < -0.39 is 0 Å². The van der Waals surface area contributed by atoms with E-state index in [0.29, 0.717) is 43.9 Å². The van der Waals surface area contributed by atoms with Crippen LogP contribution in [0.3, 0.4) is 0 Å². The molecular weight excluding hydrogens is 344 g/mol. The van der Waals surface area contributed by atoms with Crippen molar-refractivity contribution in [1.29, 1.82) is 0 Å². The molecule has 1 amide bonds. The van der Waals surface area contributed by atoms with Gasteiger partial charge >= 0.3 is 0 Å². The first kappa shape index (κ1) is 19.1. The number of ether oxygens (including phenoxy) is 1. The highest BCUT2D eigenvalue weighted by Crippen LogP contribution is 2.19. The average molecular weight is 370 g/mol. The Morgan fingerprint density at radius 2 is 2.00 bits per heavy atom. The average Bonchev–Trinajstić information content (AvgIpc) is 2.64. The maximum atomic E-state index is 12.6. The van der Waals surface area contributed by atoms with Crippen molar-refractivity contribution in [3.63, 3.8) is 0 Å². The molecule has 1 saturated heterocycles. The Bertz CT molecular complexity index is 870. The van der Waals surface area contributed by atoms with E-state index >= 15 is 0 Å². The van der Waals surface area contributed by atoms with Gasteiger partial charge in [-0.1, -0.05) is 26.0 Å². The van der Waals surface area contributed by atoms with Crippen molar-refractivity contribution in [1.82, 2.24) is 9.55 Å². The number of nitrogens with zero attached hydrogens (tertiary/aromatic N) is 3. The largest absolute Gasteiger partial charge is 0.378 e. The van der Waals surface area contributed by atoms with Crippen molar-refractivity contribution >= 4 is 17.5 Å². The van der Waals surface area contributed by atoms with Crippen LogP contribution in [0, 0.1) is 6.92 Å². The van der Waals surface area contributed by atoms with E-state index in [1.165, 1.54) is 10.6 Å². The Kier molecular flexibility index (Phi) is 5.91. The third-order valence-corrected chi connectivity index (χ3v) is 4.55. The van der Waals surface area contributed by atoms with Gasteiger partial charge in [0.2, 0.25) is 11.9 Å². The molecule has 2 heterocycles. The molecule has 1 aromatic heterocycles. The minimum absolute atomic E-state index is 0.0787. The molecule has 27 heavy (non-hydrogen) atoms. The van der Waals surface area contributed by atoms with Crippen LogP contribution in [0.25, 0.3) is 0 Å². The summed E-state index contributed by atoms with van der Waals surface area (Å²) in [5.41, 5.74) is 2.29. The van der Waals surface area contributed by atoms with Gasteiger partial charge in [0.25, 0.3) is 5.56 Å². The number of hydrogen-bond acceptors (Lipinski definition) is 5. The van der Waals surface area contributed by atoms with E-state index in [1.54, 1.807) is 6.92 Å². The fraction of sp³-hybridized carbons (Fsp3) is 0.450. The molecule has 0 unspecified atom stereocenters. The zero-order chi connectivity index (χ0) is 19.4. The third-order valence-electron chi connectivity index (χ3n) is 4.55. The number of aromatic nitrogens is 2. The second-order valence-electron chi connectivity index (χ2n) is 7.05. The molecule has 144 valence electrons. The van der Waals surface area contributed by atoms with Gasteiger partial charge in [-0.3, -0.25) is 14.2 Å². The summed E-state index contributed by atoms with van der Waals surface area (Å²) in [7, 11) is 0. The lowest BCUT2D eigenvalue weighted by atomic mass is 10.0. The number of rotatable bonds is 5. The SMILES string of the molecule is Cc1cc(=O)n(CC(=O)Nc2cccc(C(C)C)c2)c(N2CCOCC2)n1. The van der Waals surface area contributed by atoms with Crippen molar-refractivity contribution in [2.75, 3.05) is 36.5 Å². The number of nitrogens with one attached hydrogen (secondary N) is 1. The van der Waals surface area contributed by atoms with Crippen LogP contribution in [0.15, 0.2) is 35.1 Å². The lowest BCUT2D eigenvalue weighted by Gasteiger charge is -2.29. The molecule has 7 heteroatoms. The highest BCUT2D eigenvalue weighted by molar-refractivity contribution is 5.90. The molecular formula is C20H26N4O3. The first-order valence-electron chi connectivity index (χ1n) is 9.25. The van der Waals surface area contributed by atoms with Gasteiger partial charge < -0.3 is 15.0 Å². The minimum atomic E-state index is -0.252. The van der Waals surface area contributed by atoms with Crippen LogP contribution in [0.2, 0.25) is 0 Å². The summed E-state index contributed by atoms with van der Waals surface area (Å²) < 4.78 is 6.81. The molecule has 0 spiro atoms. The fourth-order valence-corrected chi connectivity index (χ4v) is 3.08. The van der Waals surface area contributed by atoms with Crippen molar-refractivity contribution in [2.45, 2.75) is 33.2 Å². The number of anilines is 2. The number of amides is 1. The highest BCUT2D eigenvalue weighted by atomic mass is 16.5. The summed E-state index contributed by atoms with van der Waals surface area (Å²) >= 11 is 0. The Morgan fingerprint density at radius 1 is 1.26 bits per heavy atom. The van der Waals surface area contributed by atoms with Crippen molar-refractivity contribution < 1.29 is 9.53 Å². The van der Waals surface area contributed by atoms with Crippen LogP contribution in [-0.2, 0) is 16.1 Å². The van der Waals surface area contributed by atoms with Gasteiger partial charge in [-0.2, -0.15) is 0 Å². The summed E-state index contributed by atoms with van der Waals surface area (Å²) in [4.78, 5) is 31.6. The smallest absolute Gasteiger partial charge is 0.255 e. The lowest BCUT2D eigenvalue weighted by molar-refractivity contribution is -0.116. The molecule has 0 bridgehead atoms. The second kappa shape index (κ2) is 8.35. The van der Waals surface area contributed by atoms with Crippen LogP contribution in [0.1, 0.15) is 31.0 Å². The van der Waals surface area contributed by atoms with Crippen molar-refractivity contribution in [2.24, 2.45) is 0 Å². The third kappa shape index (κ3) is 4.74. The van der Waals surface area contributed by atoms with Gasteiger partial charge in [-0.25, -0.2) is 4.98 Å². The molecule has 0 atom stereocenters. The summed E-state index contributed by atoms with van der Waals surface area (Å²) in [5.74, 6) is 0.645. The normalized spacial score (nSPS) is 14.4. The van der Waals surface area contributed by atoms with Gasteiger partial charge in [-0.05, 0) is 30.5 Å². The molecule has 2 aromatic rings. The number of carbonyl (C=O) groups is 1. The monoisotopic (exact) mass is 370 g/mol.